The van der Waals surface area contributed by atoms with E-state index in [0.29, 0.717) is 12.2 Å². The number of nitrogens with zero attached hydrogens (tertiary/aromatic N) is 1. The van der Waals surface area contributed by atoms with Crippen molar-refractivity contribution in [3.63, 3.8) is 0 Å². The highest BCUT2D eigenvalue weighted by atomic mass is 16.5. The molecular formula is C20H19N3O3. The average Bonchev–Trinajstić information content (AvgIpc) is 3.18. The van der Waals surface area contributed by atoms with Crippen molar-refractivity contribution < 1.29 is 14.3 Å². The third-order valence-electron chi connectivity index (χ3n) is 3.83. The van der Waals surface area contributed by atoms with Crippen molar-refractivity contribution >= 4 is 11.9 Å². The average molecular weight is 349 g/mol. The quantitative estimate of drug-likeness (QED) is 0.670. The van der Waals surface area contributed by atoms with Crippen LogP contribution in [0.4, 0.5) is 0 Å². The Kier molecular flexibility index (Phi) is 5.43. The Bertz CT molecular complexity index is 876. The predicted molar refractivity (Wildman–Crippen MR) is 97.2 cm³/mol. The smallest absolute Gasteiger partial charge is 0.357 e. The molecule has 0 saturated carbocycles. The largest absolute Gasteiger partial charge is 0.448 e. The fourth-order valence-corrected chi connectivity index (χ4v) is 2.39. The van der Waals surface area contributed by atoms with Crippen LogP contribution in [-0.4, -0.2) is 28.2 Å². The maximum atomic E-state index is 12.2. The summed E-state index contributed by atoms with van der Waals surface area (Å²) in [6, 6.07) is 20.6. The van der Waals surface area contributed by atoms with Crippen LogP contribution in [0.3, 0.4) is 0 Å². The summed E-state index contributed by atoms with van der Waals surface area (Å²) in [5, 5.41) is 9.50. The first kappa shape index (κ1) is 17.4. The molecule has 0 unspecified atom stereocenters. The molecule has 0 fully saturated rings. The Balaban J connectivity index is 1.55. The molecule has 6 heteroatoms. The zero-order valence-electron chi connectivity index (χ0n) is 14.3. The van der Waals surface area contributed by atoms with Gasteiger partial charge < -0.3 is 10.1 Å². The number of hydrogen-bond acceptors (Lipinski definition) is 4. The number of hydrogen-bond donors (Lipinski definition) is 2. The van der Waals surface area contributed by atoms with Crippen molar-refractivity contribution in [3.8, 4) is 11.3 Å². The van der Waals surface area contributed by atoms with E-state index in [1.807, 2.05) is 60.7 Å². The van der Waals surface area contributed by atoms with E-state index >= 15 is 0 Å². The second-order valence-corrected chi connectivity index (χ2v) is 5.78. The molecule has 3 rings (SSSR count). The highest BCUT2D eigenvalue weighted by Gasteiger charge is 2.20. The molecule has 0 bridgehead atoms. The first-order valence-corrected chi connectivity index (χ1v) is 8.27. The van der Waals surface area contributed by atoms with Gasteiger partial charge >= 0.3 is 5.97 Å². The Labute approximate surface area is 151 Å². The molecule has 26 heavy (non-hydrogen) atoms. The number of ether oxygens (including phenoxy) is 1. The predicted octanol–water partition coefficient (Wildman–Crippen LogP) is 2.94. The molecule has 0 spiro atoms. The summed E-state index contributed by atoms with van der Waals surface area (Å²) in [6.07, 6.45) is -0.908. The molecule has 0 aliphatic rings. The van der Waals surface area contributed by atoms with Crippen LogP contribution >= 0.6 is 0 Å². The van der Waals surface area contributed by atoms with Gasteiger partial charge in [-0.1, -0.05) is 60.7 Å². The van der Waals surface area contributed by atoms with Crippen molar-refractivity contribution in [2.24, 2.45) is 0 Å². The van der Waals surface area contributed by atoms with Crippen LogP contribution in [0.5, 0.6) is 0 Å². The fourth-order valence-electron chi connectivity index (χ4n) is 2.39. The summed E-state index contributed by atoms with van der Waals surface area (Å²) in [4.78, 5) is 24.3. The first-order valence-electron chi connectivity index (χ1n) is 8.27. The number of rotatable bonds is 6. The van der Waals surface area contributed by atoms with Crippen molar-refractivity contribution in [2.45, 2.75) is 19.6 Å². The minimum atomic E-state index is -0.908. The van der Waals surface area contributed by atoms with E-state index in [-0.39, 0.29) is 11.6 Å². The minimum absolute atomic E-state index is 0.201. The summed E-state index contributed by atoms with van der Waals surface area (Å²) >= 11 is 0. The van der Waals surface area contributed by atoms with Gasteiger partial charge in [-0.25, -0.2) is 4.79 Å². The Morgan fingerprint density at radius 3 is 2.42 bits per heavy atom. The summed E-state index contributed by atoms with van der Waals surface area (Å²) in [7, 11) is 0. The summed E-state index contributed by atoms with van der Waals surface area (Å²) in [5.41, 5.74) is 2.70. The van der Waals surface area contributed by atoms with Gasteiger partial charge in [0.1, 0.15) is 5.69 Å². The highest BCUT2D eigenvalue weighted by molar-refractivity contribution is 5.91. The van der Waals surface area contributed by atoms with E-state index in [2.05, 4.69) is 15.5 Å². The number of carbonyl (C=O) groups excluding carboxylic acids is 2. The maximum absolute atomic E-state index is 12.2. The molecule has 0 aliphatic heterocycles. The molecule has 3 aromatic rings. The van der Waals surface area contributed by atoms with Crippen LogP contribution in [-0.2, 0) is 16.1 Å². The second kappa shape index (κ2) is 8.11. The van der Waals surface area contributed by atoms with Crippen LogP contribution in [0.25, 0.3) is 11.3 Å². The number of carbonyl (C=O) groups is 2. The number of nitrogens with one attached hydrogen (secondary N) is 2. The monoisotopic (exact) mass is 349 g/mol. The molecule has 2 N–H and O–H groups in total. The van der Waals surface area contributed by atoms with Crippen LogP contribution in [0, 0.1) is 0 Å². The van der Waals surface area contributed by atoms with Crippen LogP contribution in [0.1, 0.15) is 23.0 Å². The van der Waals surface area contributed by atoms with E-state index in [4.69, 9.17) is 4.74 Å². The molecule has 0 radical (unpaired) electrons. The molecule has 6 nitrogen and oxygen atoms in total. The second-order valence-electron chi connectivity index (χ2n) is 5.78. The van der Waals surface area contributed by atoms with Crippen LogP contribution in [0.2, 0.25) is 0 Å². The number of H-pyrrole nitrogens is 1. The topological polar surface area (TPSA) is 84.1 Å². The highest BCUT2D eigenvalue weighted by Crippen LogP contribution is 2.17. The van der Waals surface area contributed by atoms with Gasteiger partial charge in [-0.05, 0) is 18.6 Å². The van der Waals surface area contributed by atoms with Crippen molar-refractivity contribution in [2.75, 3.05) is 0 Å². The fraction of sp³-hybridized carbons (Fsp3) is 0.150. The van der Waals surface area contributed by atoms with Gasteiger partial charge in [0.2, 0.25) is 0 Å². The lowest BCUT2D eigenvalue weighted by Crippen LogP contribution is -2.35. The van der Waals surface area contributed by atoms with Gasteiger partial charge in [0.25, 0.3) is 5.91 Å². The summed E-state index contributed by atoms with van der Waals surface area (Å²) in [5.74, 6) is -0.980. The lowest BCUT2D eigenvalue weighted by molar-refractivity contribution is -0.129. The Morgan fingerprint density at radius 2 is 1.73 bits per heavy atom. The van der Waals surface area contributed by atoms with Crippen molar-refractivity contribution in [1.82, 2.24) is 15.5 Å². The molecule has 1 atom stereocenters. The van der Waals surface area contributed by atoms with E-state index in [1.165, 1.54) is 6.92 Å². The number of aromatic amines is 1. The molecule has 1 heterocycles. The minimum Gasteiger partial charge on any atom is -0.448 e. The van der Waals surface area contributed by atoms with Crippen molar-refractivity contribution in [1.29, 1.82) is 0 Å². The molecule has 0 aliphatic carbocycles. The van der Waals surface area contributed by atoms with Crippen LogP contribution in [0.15, 0.2) is 66.7 Å². The summed E-state index contributed by atoms with van der Waals surface area (Å²) < 4.78 is 5.21. The maximum Gasteiger partial charge on any atom is 0.357 e. The van der Waals surface area contributed by atoms with Crippen molar-refractivity contribution in [3.05, 3.63) is 78.0 Å². The normalized spacial score (nSPS) is 11.6. The summed E-state index contributed by atoms with van der Waals surface area (Å²) in [6.45, 7) is 1.91. The third-order valence-corrected chi connectivity index (χ3v) is 3.83. The lowest BCUT2D eigenvalue weighted by atomic mass is 10.1. The van der Waals surface area contributed by atoms with E-state index < -0.39 is 12.1 Å². The van der Waals surface area contributed by atoms with E-state index in [1.54, 1.807) is 6.07 Å². The number of amides is 1. The van der Waals surface area contributed by atoms with Gasteiger partial charge in [-0.15, -0.1) is 0 Å². The zero-order valence-corrected chi connectivity index (χ0v) is 14.3. The van der Waals surface area contributed by atoms with E-state index in [0.717, 1.165) is 11.1 Å². The van der Waals surface area contributed by atoms with Gasteiger partial charge in [0, 0.05) is 12.1 Å². The Hall–Kier alpha value is -3.41. The molecule has 1 aromatic heterocycles. The number of benzene rings is 2. The van der Waals surface area contributed by atoms with E-state index in [9.17, 15) is 9.59 Å². The molecule has 132 valence electrons. The number of esters is 1. The van der Waals surface area contributed by atoms with Gasteiger partial charge in [-0.2, -0.15) is 5.10 Å². The molecule has 2 aromatic carbocycles. The molecule has 0 saturated heterocycles. The van der Waals surface area contributed by atoms with Gasteiger partial charge in [-0.3, -0.25) is 9.89 Å². The lowest BCUT2D eigenvalue weighted by Gasteiger charge is -2.12. The SMILES string of the molecule is C[C@@H](OC(=O)c1cc(-c2ccccc2)n[nH]1)C(=O)NCc1ccccc1. The van der Waals surface area contributed by atoms with Gasteiger partial charge in [0.05, 0.1) is 5.69 Å². The van der Waals surface area contributed by atoms with Gasteiger partial charge in [0.15, 0.2) is 6.10 Å². The van der Waals surface area contributed by atoms with Crippen LogP contribution < -0.4 is 5.32 Å². The zero-order chi connectivity index (χ0) is 18.4. The molecule has 1 amide bonds. The third kappa shape index (κ3) is 4.36. The molecular weight excluding hydrogens is 330 g/mol. The standard InChI is InChI=1S/C20H19N3O3/c1-14(19(24)21-13-15-8-4-2-5-9-15)26-20(25)18-12-17(22-23-18)16-10-6-3-7-11-16/h2-12,14H,13H2,1H3,(H,21,24)(H,22,23)/t14-/m1/s1. The Morgan fingerprint density at radius 1 is 1.08 bits per heavy atom. The first-order chi connectivity index (χ1) is 12.6. The number of aromatic nitrogens is 2.